The Labute approximate surface area is 268 Å². The molecule has 3 aromatic carbocycles. The van der Waals surface area contributed by atoms with E-state index in [1.165, 1.54) is 29.6 Å². The quantitative estimate of drug-likeness (QED) is 0.221. The maximum atomic E-state index is 13.9. The molecule has 0 unspecified atom stereocenters. The number of hydrogen-bond acceptors (Lipinski definition) is 10. The number of amides is 1. The fourth-order valence-corrected chi connectivity index (χ4v) is 6.56. The highest BCUT2D eigenvalue weighted by Gasteiger charge is 2.36. The van der Waals surface area contributed by atoms with Crippen LogP contribution >= 0.6 is 0 Å². The monoisotopic (exact) mass is 651 g/mol. The third-order valence-electron chi connectivity index (χ3n) is 8.02. The molecule has 0 N–H and O–H groups in total. The Bertz CT molecular complexity index is 1710. The van der Waals surface area contributed by atoms with Gasteiger partial charge in [0.1, 0.15) is 30.8 Å². The van der Waals surface area contributed by atoms with Crippen LogP contribution in [0.1, 0.15) is 29.8 Å². The molecule has 0 saturated carbocycles. The third-order valence-corrected chi connectivity index (χ3v) is 9.84. The van der Waals surface area contributed by atoms with E-state index in [0.717, 1.165) is 11.3 Å². The van der Waals surface area contributed by atoms with E-state index in [1.54, 1.807) is 36.3 Å². The van der Waals surface area contributed by atoms with E-state index in [4.69, 9.17) is 23.7 Å². The van der Waals surface area contributed by atoms with Crippen LogP contribution in [0.3, 0.4) is 0 Å². The van der Waals surface area contributed by atoms with Crippen LogP contribution < -0.4 is 18.9 Å². The lowest BCUT2D eigenvalue weighted by molar-refractivity contribution is 0.0235. The molecule has 3 atom stereocenters. The van der Waals surface area contributed by atoms with E-state index in [2.05, 4.69) is 4.99 Å². The lowest BCUT2D eigenvalue weighted by atomic mass is 9.99. The molecule has 2 aliphatic heterocycles. The minimum Gasteiger partial charge on any atom is -0.497 e. The van der Waals surface area contributed by atoms with Crippen molar-refractivity contribution in [2.45, 2.75) is 37.5 Å². The van der Waals surface area contributed by atoms with Gasteiger partial charge < -0.3 is 28.6 Å². The van der Waals surface area contributed by atoms with Crippen molar-refractivity contribution in [3.8, 4) is 23.0 Å². The van der Waals surface area contributed by atoms with Gasteiger partial charge in [-0.3, -0.25) is 4.79 Å². The number of ether oxygens (including phenoxy) is 5. The van der Waals surface area contributed by atoms with E-state index in [1.807, 2.05) is 38.1 Å². The van der Waals surface area contributed by atoms with Crippen molar-refractivity contribution >= 4 is 27.7 Å². The molecule has 0 fully saturated rings. The van der Waals surface area contributed by atoms with Gasteiger partial charge in [0.2, 0.25) is 16.1 Å². The summed E-state index contributed by atoms with van der Waals surface area (Å²) < 4.78 is 57.3. The maximum Gasteiger partial charge on any atom is 0.258 e. The number of nitrogens with zero attached hydrogens (tertiary/aromatic N) is 3. The molecule has 0 spiro atoms. The molecule has 13 heteroatoms. The first-order valence-electron chi connectivity index (χ1n) is 14.9. The predicted molar refractivity (Wildman–Crippen MR) is 168 cm³/mol. The number of rotatable bonds is 11. The van der Waals surface area contributed by atoms with E-state index >= 15 is 0 Å². The number of para-hydroxylation sites is 1. The molecule has 5 rings (SSSR count). The van der Waals surface area contributed by atoms with Gasteiger partial charge in [-0.15, -0.1) is 0 Å². The molecule has 1 amide bonds. The molecule has 0 bridgehead atoms. The second-order valence-corrected chi connectivity index (χ2v) is 13.3. The third kappa shape index (κ3) is 7.18. The highest BCUT2D eigenvalue weighted by Crippen LogP contribution is 2.37. The normalized spacial score (nSPS) is 18.5. The van der Waals surface area contributed by atoms with Crippen LogP contribution in [0.5, 0.6) is 23.0 Å². The second kappa shape index (κ2) is 14.3. The number of aliphatic imine (C=N–C) groups is 1. The van der Waals surface area contributed by atoms with E-state index in [0.29, 0.717) is 31.3 Å². The SMILES string of the molecule is COc1ccc(COC[C@H](C)N2C[C@@H](C)[C@H](CN(C)S(=O)(=O)c3ccc4c(c3)OCCO4)Oc3c(N=C=O)cccc3C2=O)cc1. The van der Waals surface area contributed by atoms with Gasteiger partial charge in [0, 0.05) is 25.6 Å². The van der Waals surface area contributed by atoms with Crippen LogP contribution in [-0.2, 0) is 26.2 Å². The van der Waals surface area contributed by atoms with Crippen molar-refractivity contribution in [2.24, 2.45) is 10.9 Å². The summed E-state index contributed by atoms with van der Waals surface area (Å²) in [7, 11) is -0.901. The van der Waals surface area contributed by atoms with Crippen molar-refractivity contribution in [3.63, 3.8) is 0 Å². The minimum absolute atomic E-state index is 0.0452. The molecule has 0 saturated heterocycles. The Morgan fingerprint density at radius 3 is 2.54 bits per heavy atom. The molecule has 2 heterocycles. The molecule has 0 radical (unpaired) electrons. The standard InChI is InChI=1S/C33H37N3O9S/c1-22-17-36(23(2)19-42-20-24-8-10-25(41-4)11-9-24)33(38)27-6-5-7-28(34-21-37)32(27)45-31(22)18-35(3)46(39,40)26-12-13-29-30(16-26)44-15-14-43-29/h5-13,16,22-23,31H,14-15,17-20H2,1-4H3/t22-,23+,31+/m1/s1. The molecule has 0 aliphatic carbocycles. The van der Waals surface area contributed by atoms with Gasteiger partial charge in [-0.05, 0) is 48.9 Å². The number of methoxy groups -OCH3 is 1. The smallest absolute Gasteiger partial charge is 0.258 e. The molecule has 0 aromatic heterocycles. The Morgan fingerprint density at radius 1 is 1.09 bits per heavy atom. The summed E-state index contributed by atoms with van der Waals surface area (Å²) in [5.41, 5.74) is 1.28. The summed E-state index contributed by atoms with van der Waals surface area (Å²) in [6.45, 7) is 5.28. The summed E-state index contributed by atoms with van der Waals surface area (Å²) in [6.07, 6.45) is 0.800. The van der Waals surface area contributed by atoms with Crippen molar-refractivity contribution in [1.29, 1.82) is 0 Å². The van der Waals surface area contributed by atoms with Crippen LogP contribution in [0.15, 0.2) is 70.6 Å². The average Bonchev–Trinajstić information content (AvgIpc) is 3.06. The van der Waals surface area contributed by atoms with Crippen LogP contribution in [-0.4, -0.2) is 88.8 Å². The van der Waals surface area contributed by atoms with Gasteiger partial charge >= 0.3 is 0 Å². The molecule has 46 heavy (non-hydrogen) atoms. The highest BCUT2D eigenvalue weighted by molar-refractivity contribution is 7.89. The van der Waals surface area contributed by atoms with Crippen LogP contribution in [0.4, 0.5) is 5.69 Å². The Hall–Kier alpha value is -4.42. The first-order chi connectivity index (χ1) is 22.1. The number of carbonyl (C=O) groups is 1. The fourth-order valence-electron chi connectivity index (χ4n) is 5.36. The summed E-state index contributed by atoms with van der Waals surface area (Å²) in [5.74, 6) is 1.02. The van der Waals surface area contributed by atoms with Gasteiger partial charge in [0.05, 0.1) is 43.4 Å². The van der Waals surface area contributed by atoms with Gasteiger partial charge in [-0.1, -0.05) is 25.1 Å². The zero-order chi connectivity index (χ0) is 32.8. The zero-order valence-corrected chi connectivity index (χ0v) is 27.0. The number of benzene rings is 3. The number of likely N-dealkylation sites (N-methyl/N-ethyl adjacent to an activating group) is 1. The van der Waals surface area contributed by atoms with E-state index < -0.39 is 16.1 Å². The van der Waals surface area contributed by atoms with E-state index in [-0.39, 0.29) is 59.5 Å². The van der Waals surface area contributed by atoms with Gasteiger partial charge in [0.15, 0.2) is 17.2 Å². The van der Waals surface area contributed by atoms with Crippen molar-refractivity contribution < 1.29 is 41.7 Å². The largest absolute Gasteiger partial charge is 0.497 e. The first kappa shape index (κ1) is 33.0. The number of hydrogen-bond donors (Lipinski definition) is 0. The number of carbonyl (C=O) groups excluding carboxylic acids is 2. The minimum atomic E-state index is -3.97. The highest BCUT2D eigenvalue weighted by atomic mass is 32.2. The fraction of sp³-hybridized carbons (Fsp3) is 0.394. The predicted octanol–water partition coefficient (Wildman–Crippen LogP) is 4.20. The molecule has 244 valence electrons. The number of fused-ring (bicyclic) bond motifs is 2. The van der Waals surface area contributed by atoms with Crippen LogP contribution in [0.2, 0.25) is 0 Å². The van der Waals surface area contributed by atoms with Gasteiger partial charge in [0.25, 0.3) is 5.91 Å². The van der Waals surface area contributed by atoms with E-state index in [9.17, 15) is 18.0 Å². The summed E-state index contributed by atoms with van der Waals surface area (Å²) >= 11 is 0. The van der Waals surface area contributed by atoms with Crippen molar-refractivity contribution in [3.05, 3.63) is 71.8 Å². The Kier molecular flexibility index (Phi) is 10.3. The van der Waals surface area contributed by atoms with Crippen LogP contribution in [0, 0.1) is 5.92 Å². The van der Waals surface area contributed by atoms with Crippen molar-refractivity contribution in [1.82, 2.24) is 9.21 Å². The lowest BCUT2D eigenvalue weighted by Gasteiger charge is -2.38. The molecule has 3 aromatic rings. The summed E-state index contributed by atoms with van der Waals surface area (Å²) in [4.78, 5) is 30.7. The molecular weight excluding hydrogens is 614 g/mol. The maximum absolute atomic E-state index is 13.9. The zero-order valence-electron chi connectivity index (χ0n) is 26.2. The van der Waals surface area contributed by atoms with Crippen LogP contribution in [0.25, 0.3) is 0 Å². The number of sulfonamides is 1. The summed E-state index contributed by atoms with van der Waals surface area (Å²) in [6, 6.07) is 16.4. The molecule has 12 nitrogen and oxygen atoms in total. The van der Waals surface area contributed by atoms with Crippen molar-refractivity contribution in [2.75, 3.05) is 47.1 Å². The topological polar surface area (TPSA) is 133 Å². The second-order valence-electron chi connectivity index (χ2n) is 11.3. The number of isocyanates is 1. The summed E-state index contributed by atoms with van der Waals surface area (Å²) in [5, 5.41) is 0. The first-order valence-corrected chi connectivity index (χ1v) is 16.3. The molecule has 2 aliphatic rings. The average molecular weight is 652 g/mol. The Morgan fingerprint density at radius 2 is 1.83 bits per heavy atom. The molecular formula is C33H37N3O9S. The Balaban J connectivity index is 1.38. The lowest BCUT2D eigenvalue weighted by Crippen LogP contribution is -2.50. The van der Waals surface area contributed by atoms with Gasteiger partial charge in [-0.2, -0.15) is 9.30 Å². The van der Waals surface area contributed by atoms with Gasteiger partial charge in [-0.25, -0.2) is 13.2 Å².